The number of aliphatic carboxylic acids is 1. The molecule has 1 saturated carbocycles. The van der Waals surface area contributed by atoms with Crippen LogP contribution >= 0.6 is 0 Å². The SMILES string of the molecule is CCC1(C(=O)O)CCCN1CC1CCC2(CCCCC2)O1. The number of hydrogen-bond donors (Lipinski definition) is 1. The van der Waals surface area contributed by atoms with Crippen LogP contribution in [0.1, 0.15) is 71.1 Å². The maximum atomic E-state index is 11.8. The lowest BCUT2D eigenvalue weighted by Crippen LogP contribution is -2.52. The molecule has 1 aliphatic carbocycles. The van der Waals surface area contributed by atoms with Crippen LogP contribution in [0.15, 0.2) is 0 Å². The van der Waals surface area contributed by atoms with Gasteiger partial charge in [-0.3, -0.25) is 9.69 Å². The second kappa shape index (κ2) is 5.88. The monoisotopic (exact) mass is 295 g/mol. The van der Waals surface area contributed by atoms with Crippen LogP contribution in [-0.4, -0.2) is 46.3 Å². The van der Waals surface area contributed by atoms with Crippen LogP contribution in [0.4, 0.5) is 0 Å². The van der Waals surface area contributed by atoms with E-state index < -0.39 is 11.5 Å². The van der Waals surface area contributed by atoms with Crippen molar-refractivity contribution in [3.63, 3.8) is 0 Å². The smallest absolute Gasteiger partial charge is 0.324 e. The minimum absolute atomic E-state index is 0.140. The molecule has 3 fully saturated rings. The highest BCUT2D eigenvalue weighted by atomic mass is 16.5. The summed E-state index contributed by atoms with van der Waals surface area (Å²) in [5, 5.41) is 9.67. The lowest BCUT2D eigenvalue weighted by Gasteiger charge is -2.37. The number of carbonyl (C=O) groups is 1. The minimum Gasteiger partial charge on any atom is -0.480 e. The van der Waals surface area contributed by atoms with Crippen molar-refractivity contribution in [2.24, 2.45) is 0 Å². The summed E-state index contributed by atoms with van der Waals surface area (Å²) in [5.74, 6) is -0.645. The molecular formula is C17H29NO3. The summed E-state index contributed by atoms with van der Waals surface area (Å²) in [6.07, 6.45) is 11.4. The van der Waals surface area contributed by atoms with Gasteiger partial charge in [-0.15, -0.1) is 0 Å². The van der Waals surface area contributed by atoms with E-state index in [0.717, 1.165) is 32.4 Å². The van der Waals surface area contributed by atoms with E-state index >= 15 is 0 Å². The van der Waals surface area contributed by atoms with Gasteiger partial charge in [-0.2, -0.15) is 0 Å². The highest BCUT2D eigenvalue weighted by Gasteiger charge is 2.48. The summed E-state index contributed by atoms with van der Waals surface area (Å²) in [4.78, 5) is 13.9. The molecule has 2 heterocycles. The maximum absolute atomic E-state index is 11.8. The van der Waals surface area contributed by atoms with Gasteiger partial charge in [-0.05, 0) is 51.5 Å². The Morgan fingerprint density at radius 2 is 1.95 bits per heavy atom. The van der Waals surface area contributed by atoms with E-state index in [2.05, 4.69) is 4.90 Å². The molecule has 3 aliphatic rings. The van der Waals surface area contributed by atoms with Gasteiger partial charge in [0, 0.05) is 6.54 Å². The molecule has 0 aromatic heterocycles. The van der Waals surface area contributed by atoms with Crippen LogP contribution < -0.4 is 0 Å². The first kappa shape index (κ1) is 15.3. The summed E-state index contributed by atoms with van der Waals surface area (Å²) in [6, 6.07) is 0. The van der Waals surface area contributed by atoms with Crippen molar-refractivity contribution in [1.29, 1.82) is 0 Å². The van der Waals surface area contributed by atoms with Crippen LogP contribution in [0.5, 0.6) is 0 Å². The maximum Gasteiger partial charge on any atom is 0.324 e. The zero-order valence-electron chi connectivity index (χ0n) is 13.3. The normalized spacial score (nSPS) is 36.3. The van der Waals surface area contributed by atoms with Gasteiger partial charge in [0.15, 0.2) is 0 Å². The number of ether oxygens (including phenoxy) is 1. The van der Waals surface area contributed by atoms with E-state index in [1.807, 2.05) is 6.92 Å². The molecule has 0 aromatic rings. The second-order valence-corrected chi connectivity index (χ2v) is 7.26. The highest BCUT2D eigenvalue weighted by molar-refractivity contribution is 5.79. The quantitative estimate of drug-likeness (QED) is 0.865. The fraction of sp³-hybridized carbons (Fsp3) is 0.941. The Morgan fingerprint density at radius 3 is 2.62 bits per heavy atom. The van der Waals surface area contributed by atoms with Crippen LogP contribution in [0.3, 0.4) is 0 Å². The molecule has 0 amide bonds. The van der Waals surface area contributed by atoms with E-state index in [1.54, 1.807) is 0 Å². The van der Waals surface area contributed by atoms with Crippen molar-refractivity contribution in [1.82, 2.24) is 4.90 Å². The number of carboxylic acid groups (broad SMARTS) is 1. The third-order valence-electron chi connectivity index (χ3n) is 6.13. The number of carboxylic acids is 1. The predicted molar refractivity (Wildman–Crippen MR) is 81.4 cm³/mol. The Balaban J connectivity index is 1.63. The third kappa shape index (κ3) is 2.72. The molecule has 4 nitrogen and oxygen atoms in total. The summed E-state index contributed by atoms with van der Waals surface area (Å²) >= 11 is 0. The summed E-state index contributed by atoms with van der Waals surface area (Å²) in [7, 11) is 0. The zero-order chi connectivity index (χ0) is 14.9. The Hall–Kier alpha value is -0.610. The summed E-state index contributed by atoms with van der Waals surface area (Å²) in [6.45, 7) is 3.72. The van der Waals surface area contributed by atoms with Crippen molar-refractivity contribution >= 4 is 5.97 Å². The molecule has 21 heavy (non-hydrogen) atoms. The third-order valence-corrected chi connectivity index (χ3v) is 6.13. The number of rotatable bonds is 4. The molecular weight excluding hydrogens is 266 g/mol. The topological polar surface area (TPSA) is 49.8 Å². The van der Waals surface area contributed by atoms with E-state index in [1.165, 1.54) is 38.5 Å². The zero-order valence-corrected chi connectivity index (χ0v) is 13.3. The van der Waals surface area contributed by atoms with Crippen molar-refractivity contribution in [2.45, 2.75) is 88.4 Å². The van der Waals surface area contributed by atoms with Crippen LogP contribution in [0.2, 0.25) is 0 Å². The average molecular weight is 295 g/mol. The number of hydrogen-bond acceptors (Lipinski definition) is 3. The first-order valence-corrected chi connectivity index (χ1v) is 8.76. The molecule has 2 aliphatic heterocycles. The lowest BCUT2D eigenvalue weighted by molar-refractivity contribution is -0.151. The molecule has 2 saturated heterocycles. The second-order valence-electron chi connectivity index (χ2n) is 7.26. The molecule has 0 bridgehead atoms. The number of likely N-dealkylation sites (tertiary alicyclic amines) is 1. The van der Waals surface area contributed by atoms with Gasteiger partial charge in [0.05, 0.1) is 11.7 Å². The van der Waals surface area contributed by atoms with Crippen molar-refractivity contribution in [3.8, 4) is 0 Å². The molecule has 0 radical (unpaired) electrons. The average Bonchev–Trinajstić information content (AvgIpc) is 3.06. The molecule has 4 heteroatoms. The fourth-order valence-corrected chi connectivity index (χ4v) is 4.83. The van der Waals surface area contributed by atoms with Crippen molar-refractivity contribution < 1.29 is 14.6 Å². The summed E-state index contributed by atoms with van der Waals surface area (Å²) < 4.78 is 6.43. The number of nitrogens with zero attached hydrogens (tertiary/aromatic N) is 1. The minimum atomic E-state index is -0.645. The van der Waals surface area contributed by atoms with Gasteiger partial charge in [0.25, 0.3) is 0 Å². The standard InChI is InChI=1S/C17H29NO3/c1-2-17(15(19)20)10-6-12-18(17)13-14-7-11-16(21-14)8-4-3-5-9-16/h14H,2-13H2,1H3,(H,19,20). The van der Waals surface area contributed by atoms with Crippen LogP contribution in [0.25, 0.3) is 0 Å². The highest BCUT2D eigenvalue weighted by Crippen LogP contribution is 2.43. The van der Waals surface area contributed by atoms with Gasteiger partial charge < -0.3 is 9.84 Å². The molecule has 0 aromatic carbocycles. The van der Waals surface area contributed by atoms with E-state index in [-0.39, 0.29) is 11.7 Å². The fourth-order valence-electron chi connectivity index (χ4n) is 4.83. The molecule has 1 spiro atoms. The van der Waals surface area contributed by atoms with E-state index in [4.69, 9.17) is 4.74 Å². The van der Waals surface area contributed by atoms with Crippen LogP contribution in [-0.2, 0) is 9.53 Å². The van der Waals surface area contributed by atoms with Gasteiger partial charge >= 0.3 is 5.97 Å². The Morgan fingerprint density at radius 1 is 1.19 bits per heavy atom. The van der Waals surface area contributed by atoms with Crippen molar-refractivity contribution in [3.05, 3.63) is 0 Å². The molecule has 2 unspecified atom stereocenters. The Kier molecular flexibility index (Phi) is 4.28. The summed E-state index contributed by atoms with van der Waals surface area (Å²) in [5.41, 5.74) is -0.494. The van der Waals surface area contributed by atoms with E-state index in [9.17, 15) is 9.90 Å². The molecule has 2 atom stereocenters. The Bertz CT molecular complexity index is 391. The first-order valence-electron chi connectivity index (χ1n) is 8.76. The van der Waals surface area contributed by atoms with Gasteiger partial charge in [0.1, 0.15) is 5.54 Å². The Labute approximate surface area is 127 Å². The van der Waals surface area contributed by atoms with Gasteiger partial charge in [-0.1, -0.05) is 26.2 Å². The molecule has 120 valence electrons. The van der Waals surface area contributed by atoms with E-state index in [0.29, 0.717) is 6.42 Å². The first-order chi connectivity index (χ1) is 10.1. The van der Waals surface area contributed by atoms with Crippen LogP contribution in [0, 0.1) is 0 Å². The predicted octanol–water partition coefficient (Wildman–Crippen LogP) is 3.20. The molecule has 3 rings (SSSR count). The van der Waals surface area contributed by atoms with Crippen molar-refractivity contribution in [2.75, 3.05) is 13.1 Å². The van der Waals surface area contributed by atoms with Gasteiger partial charge in [0.2, 0.25) is 0 Å². The lowest BCUT2D eigenvalue weighted by atomic mass is 9.83. The largest absolute Gasteiger partial charge is 0.480 e. The van der Waals surface area contributed by atoms with Gasteiger partial charge in [-0.25, -0.2) is 0 Å². The molecule has 1 N–H and O–H groups in total.